The molecule has 0 spiro atoms. The number of fused-ring (bicyclic) bond motifs is 2. The Morgan fingerprint density at radius 2 is 2.03 bits per heavy atom. The van der Waals surface area contributed by atoms with E-state index in [1.165, 1.54) is 6.07 Å². The Kier molecular flexibility index (Phi) is 6.73. The molecule has 5 heteroatoms. The van der Waals surface area contributed by atoms with Crippen LogP contribution in [0.15, 0.2) is 42.5 Å². The van der Waals surface area contributed by atoms with Crippen molar-refractivity contribution in [2.24, 2.45) is 5.92 Å². The fourth-order valence-electron chi connectivity index (χ4n) is 5.25. The van der Waals surface area contributed by atoms with Crippen molar-refractivity contribution in [2.75, 3.05) is 13.1 Å². The Hall–Kier alpha value is -2.24. The number of imidazole rings is 1. The molecule has 3 N–H and O–H groups in total. The van der Waals surface area contributed by atoms with Gasteiger partial charge in [-0.1, -0.05) is 32.0 Å². The standard InChI is InChI=1S/C26H34FN3O/c1-18(2)25-21-11-10-20(27)17-19(21)12-13-26(25,31)14-16-28-15-6-5-9-24-29-22-7-3-4-8-23(22)30-24/h3-4,7-8,10-11,17-18,25,28,31H,5-6,9,12-16H2,1-2H3,(H,29,30). The van der Waals surface area contributed by atoms with Gasteiger partial charge in [0.1, 0.15) is 11.6 Å². The quantitative estimate of drug-likeness (QED) is 0.419. The van der Waals surface area contributed by atoms with Gasteiger partial charge in [-0.25, -0.2) is 9.37 Å². The summed E-state index contributed by atoms with van der Waals surface area (Å²) in [5, 5.41) is 15.0. The van der Waals surface area contributed by atoms with Crippen LogP contribution in [0.4, 0.5) is 4.39 Å². The summed E-state index contributed by atoms with van der Waals surface area (Å²) in [6, 6.07) is 13.2. The van der Waals surface area contributed by atoms with Gasteiger partial charge in [-0.15, -0.1) is 0 Å². The number of para-hydroxylation sites is 2. The predicted molar refractivity (Wildman–Crippen MR) is 124 cm³/mol. The minimum Gasteiger partial charge on any atom is -0.389 e. The Morgan fingerprint density at radius 3 is 2.84 bits per heavy atom. The SMILES string of the molecule is CC(C)C1c2ccc(F)cc2CCC1(O)CCNCCCCc1nc2ccccc2[nH]1. The van der Waals surface area contributed by atoms with E-state index in [0.717, 1.165) is 73.2 Å². The van der Waals surface area contributed by atoms with E-state index in [4.69, 9.17) is 0 Å². The normalized spacial score (nSPS) is 21.0. The number of nitrogens with one attached hydrogen (secondary N) is 2. The molecule has 2 aromatic carbocycles. The zero-order valence-electron chi connectivity index (χ0n) is 18.6. The summed E-state index contributed by atoms with van der Waals surface area (Å²) in [4.78, 5) is 8.02. The molecule has 2 unspecified atom stereocenters. The number of nitrogens with zero attached hydrogens (tertiary/aromatic N) is 1. The molecule has 31 heavy (non-hydrogen) atoms. The van der Waals surface area contributed by atoms with Crippen LogP contribution in [0.2, 0.25) is 0 Å². The second kappa shape index (κ2) is 9.49. The van der Waals surface area contributed by atoms with Gasteiger partial charge in [0.05, 0.1) is 16.6 Å². The predicted octanol–water partition coefficient (Wildman–Crippen LogP) is 5.12. The van der Waals surface area contributed by atoms with Crippen molar-refractivity contribution >= 4 is 11.0 Å². The second-order valence-electron chi connectivity index (χ2n) is 9.33. The first kappa shape index (κ1) is 22.0. The number of rotatable bonds is 9. The molecule has 1 aliphatic rings. The maximum Gasteiger partial charge on any atom is 0.123 e. The Labute approximate surface area is 184 Å². The van der Waals surface area contributed by atoms with Gasteiger partial charge in [0.15, 0.2) is 0 Å². The molecule has 0 saturated carbocycles. The van der Waals surface area contributed by atoms with Gasteiger partial charge in [-0.2, -0.15) is 0 Å². The van der Waals surface area contributed by atoms with E-state index < -0.39 is 5.60 Å². The third-order valence-electron chi connectivity index (χ3n) is 6.70. The highest BCUT2D eigenvalue weighted by Crippen LogP contribution is 2.45. The summed E-state index contributed by atoms with van der Waals surface area (Å²) in [6.45, 7) is 6.03. The fourth-order valence-corrected chi connectivity index (χ4v) is 5.25. The van der Waals surface area contributed by atoms with E-state index in [9.17, 15) is 9.50 Å². The number of halogens is 1. The zero-order valence-corrected chi connectivity index (χ0v) is 18.6. The molecule has 2 atom stereocenters. The number of hydrogen-bond acceptors (Lipinski definition) is 3. The molecule has 1 aliphatic carbocycles. The molecular weight excluding hydrogens is 389 g/mol. The number of unbranched alkanes of at least 4 members (excludes halogenated alkanes) is 1. The average molecular weight is 424 g/mol. The van der Waals surface area contributed by atoms with Crippen LogP contribution in [0, 0.1) is 11.7 Å². The van der Waals surface area contributed by atoms with Crippen LogP contribution < -0.4 is 5.32 Å². The van der Waals surface area contributed by atoms with Crippen LogP contribution in [0.5, 0.6) is 0 Å². The van der Waals surface area contributed by atoms with Crippen molar-refractivity contribution in [2.45, 2.75) is 63.9 Å². The molecule has 0 aliphatic heterocycles. The maximum atomic E-state index is 13.6. The van der Waals surface area contributed by atoms with Crippen molar-refractivity contribution in [1.29, 1.82) is 0 Å². The summed E-state index contributed by atoms with van der Waals surface area (Å²) < 4.78 is 13.6. The first-order valence-electron chi connectivity index (χ1n) is 11.6. The molecule has 0 saturated heterocycles. The average Bonchev–Trinajstić information content (AvgIpc) is 3.16. The summed E-state index contributed by atoms with van der Waals surface area (Å²) in [5.41, 5.74) is 3.57. The number of aromatic nitrogens is 2. The number of aryl methyl sites for hydroxylation is 2. The molecule has 0 amide bonds. The van der Waals surface area contributed by atoms with Crippen LogP contribution in [-0.4, -0.2) is 33.8 Å². The highest BCUT2D eigenvalue weighted by Gasteiger charge is 2.42. The number of hydrogen-bond donors (Lipinski definition) is 3. The summed E-state index contributed by atoms with van der Waals surface area (Å²) in [7, 11) is 0. The number of aromatic amines is 1. The van der Waals surface area contributed by atoms with Crippen molar-refractivity contribution in [3.63, 3.8) is 0 Å². The summed E-state index contributed by atoms with van der Waals surface area (Å²) in [5.74, 6) is 1.22. The van der Waals surface area contributed by atoms with E-state index in [1.54, 1.807) is 6.07 Å². The second-order valence-corrected chi connectivity index (χ2v) is 9.33. The number of H-pyrrole nitrogens is 1. The van der Waals surface area contributed by atoms with Gasteiger partial charge in [0.2, 0.25) is 0 Å². The Morgan fingerprint density at radius 1 is 1.19 bits per heavy atom. The topological polar surface area (TPSA) is 60.9 Å². The monoisotopic (exact) mass is 423 g/mol. The van der Waals surface area contributed by atoms with Gasteiger partial charge in [-0.05, 0) is 86.5 Å². The van der Waals surface area contributed by atoms with Gasteiger partial charge in [0, 0.05) is 12.3 Å². The zero-order chi connectivity index (χ0) is 21.8. The third kappa shape index (κ3) is 4.99. The van der Waals surface area contributed by atoms with Crippen LogP contribution in [0.3, 0.4) is 0 Å². The van der Waals surface area contributed by atoms with Crippen LogP contribution in [0.25, 0.3) is 11.0 Å². The lowest BCUT2D eigenvalue weighted by molar-refractivity contribution is -0.0241. The van der Waals surface area contributed by atoms with Crippen molar-refractivity contribution in [1.82, 2.24) is 15.3 Å². The highest BCUT2D eigenvalue weighted by atomic mass is 19.1. The molecule has 4 nitrogen and oxygen atoms in total. The summed E-state index contributed by atoms with van der Waals surface area (Å²) >= 11 is 0. The van der Waals surface area contributed by atoms with E-state index in [-0.39, 0.29) is 11.7 Å². The van der Waals surface area contributed by atoms with E-state index in [1.807, 2.05) is 24.3 Å². The lowest BCUT2D eigenvalue weighted by Crippen LogP contribution is -2.45. The Balaban J connectivity index is 1.23. The van der Waals surface area contributed by atoms with Crippen molar-refractivity contribution < 1.29 is 9.50 Å². The molecule has 0 bridgehead atoms. The lowest BCUT2D eigenvalue weighted by atomic mass is 9.66. The van der Waals surface area contributed by atoms with Crippen molar-refractivity contribution in [3.8, 4) is 0 Å². The maximum absolute atomic E-state index is 13.6. The molecular formula is C26H34FN3O. The van der Waals surface area contributed by atoms with E-state index in [2.05, 4.69) is 35.2 Å². The van der Waals surface area contributed by atoms with Crippen LogP contribution in [-0.2, 0) is 12.8 Å². The largest absolute Gasteiger partial charge is 0.389 e. The molecule has 0 fully saturated rings. The molecule has 4 rings (SSSR count). The number of benzene rings is 2. The highest BCUT2D eigenvalue weighted by molar-refractivity contribution is 5.74. The van der Waals surface area contributed by atoms with Crippen LogP contribution in [0.1, 0.15) is 62.4 Å². The van der Waals surface area contributed by atoms with E-state index in [0.29, 0.717) is 12.3 Å². The molecule has 166 valence electrons. The minimum atomic E-state index is -0.736. The molecule has 1 aromatic heterocycles. The third-order valence-corrected chi connectivity index (χ3v) is 6.70. The first-order chi connectivity index (χ1) is 15.0. The first-order valence-corrected chi connectivity index (χ1v) is 11.6. The molecule has 3 aromatic rings. The number of aliphatic hydroxyl groups is 1. The fraction of sp³-hybridized carbons (Fsp3) is 0.500. The molecule has 1 heterocycles. The summed E-state index contributed by atoms with van der Waals surface area (Å²) in [6.07, 6.45) is 5.25. The van der Waals surface area contributed by atoms with Crippen LogP contribution >= 0.6 is 0 Å². The van der Waals surface area contributed by atoms with Gasteiger partial charge >= 0.3 is 0 Å². The van der Waals surface area contributed by atoms with Gasteiger partial charge < -0.3 is 15.4 Å². The smallest absolute Gasteiger partial charge is 0.123 e. The van der Waals surface area contributed by atoms with Gasteiger partial charge in [0.25, 0.3) is 0 Å². The lowest BCUT2D eigenvalue weighted by Gasteiger charge is -2.44. The van der Waals surface area contributed by atoms with Crippen molar-refractivity contribution in [3.05, 3.63) is 65.2 Å². The van der Waals surface area contributed by atoms with Gasteiger partial charge in [-0.3, -0.25) is 0 Å². The Bertz CT molecular complexity index is 982. The van der Waals surface area contributed by atoms with E-state index >= 15 is 0 Å². The minimum absolute atomic E-state index is 0.0479. The molecule has 0 radical (unpaired) electrons.